The largest absolute Gasteiger partial charge is 0.459 e. The molecule has 1 amide bonds. The molecule has 0 radical (unpaired) electrons. The van der Waals surface area contributed by atoms with Crippen LogP contribution >= 0.6 is 11.6 Å². The number of ether oxygens (including phenoxy) is 1. The van der Waals surface area contributed by atoms with Crippen LogP contribution in [0.5, 0.6) is 0 Å². The number of nitrogens with one attached hydrogen (secondary N) is 2. The molecule has 1 aromatic carbocycles. The SMILES string of the molecule is CC(C)(C)OC(=O)C12CNCC1C2CNC(=O)c1cc(Cl)c([N+](=O)[O-])c2cccnc12. The molecule has 4 rings (SSSR count). The minimum atomic E-state index is -0.631. The number of amides is 1. The van der Waals surface area contributed by atoms with E-state index in [0.29, 0.717) is 13.1 Å². The second-order valence-electron chi connectivity index (χ2n) is 9.01. The normalized spacial score (nSPS) is 24.5. The zero-order chi connectivity index (χ0) is 22.6. The zero-order valence-corrected chi connectivity index (χ0v) is 18.2. The number of carbonyl (C=O) groups excluding carboxylic acids is 2. The van der Waals surface area contributed by atoms with Crippen molar-refractivity contribution in [2.75, 3.05) is 19.6 Å². The molecule has 1 aliphatic carbocycles. The lowest BCUT2D eigenvalue weighted by Crippen LogP contribution is -2.37. The Hall–Kier alpha value is -2.78. The van der Waals surface area contributed by atoms with Crippen LogP contribution in [0.4, 0.5) is 5.69 Å². The third-order valence-corrected chi connectivity index (χ3v) is 6.27. The van der Waals surface area contributed by atoms with Crippen molar-refractivity contribution in [3.63, 3.8) is 0 Å². The minimum absolute atomic E-state index is 0.0414. The van der Waals surface area contributed by atoms with Gasteiger partial charge in [-0.15, -0.1) is 0 Å². The van der Waals surface area contributed by atoms with Crippen LogP contribution in [0.3, 0.4) is 0 Å². The first kappa shape index (κ1) is 21.5. The number of hydrogen-bond acceptors (Lipinski definition) is 7. The van der Waals surface area contributed by atoms with Crippen molar-refractivity contribution >= 4 is 40.1 Å². The van der Waals surface area contributed by atoms with E-state index >= 15 is 0 Å². The van der Waals surface area contributed by atoms with Crippen molar-refractivity contribution in [2.24, 2.45) is 17.3 Å². The van der Waals surface area contributed by atoms with Crippen molar-refractivity contribution in [1.82, 2.24) is 15.6 Å². The third-order valence-electron chi connectivity index (χ3n) is 5.99. The molecular formula is C21H23ClN4O5. The number of nitro benzene ring substituents is 1. The predicted molar refractivity (Wildman–Crippen MR) is 114 cm³/mol. The Morgan fingerprint density at radius 3 is 2.87 bits per heavy atom. The Bertz CT molecular complexity index is 1100. The summed E-state index contributed by atoms with van der Waals surface area (Å²) in [6.07, 6.45) is 1.46. The van der Waals surface area contributed by atoms with E-state index < -0.39 is 21.8 Å². The first-order valence-corrected chi connectivity index (χ1v) is 10.4. The van der Waals surface area contributed by atoms with Crippen molar-refractivity contribution in [3.8, 4) is 0 Å². The molecule has 1 aliphatic heterocycles. The molecule has 9 nitrogen and oxygen atoms in total. The molecule has 1 saturated carbocycles. The topological polar surface area (TPSA) is 123 Å². The summed E-state index contributed by atoms with van der Waals surface area (Å²) in [6.45, 7) is 6.97. The first-order chi connectivity index (χ1) is 14.6. The fourth-order valence-electron chi connectivity index (χ4n) is 4.56. The van der Waals surface area contributed by atoms with Gasteiger partial charge < -0.3 is 15.4 Å². The number of halogens is 1. The highest BCUT2D eigenvalue weighted by Crippen LogP contribution is 2.61. The van der Waals surface area contributed by atoms with E-state index in [2.05, 4.69) is 15.6 Å². The molecule has 3 atom stereocenters. The van der Waals surface area contributed by atoms with Gasteiger partial charge >= 0.3 is 5.97 Å². The van der Waals surface area contributed by atoms with Crippen LogP contribution in [-0.4, -0.2) is 47.0 Å². The van der Waals surface area contributed by atoms with Gasteiger partial charge in [-0.1, -0.05) is 11.6 Å². The Morgan fingerprint density at radius 2 is 2.19 bits per heavy atom. The van der Waals surface area contributed by atoms with Crippen molar-refractivity contribution in [3.05, 3.63) is 45.1 Å². The summed E-state index contributed by atoms with van der Waals surface area (Å²) in [6, 6.07) is 4.33. The maximum atomic E-state index is 12.9. The molecule has 3 unspecified atom stereocenters. The fourth-order valence-corrected chi connectivity index (χ4v) is 4.84. The highest BCUT2D eigenvalue weighted by molar-refractivity contribution is 6.35. The molecule has 2 heterocycles. The molecule has 1 saturated heterocycles. The van der Waals surface area contributed by atoms with Crippen LogP contribution in [0.25, 0.3) is 10.9 Å². The number of nitrogens with zero attached hydrogens (tertiary/aromatic N) is 2. The lowest BCUT2D eigenvalue weighted by Gasteiger charge is -2.24. The average Bonchev–Trinajstić information content (AvgIpc) is 3.07. The van der Waals surface area contributed by atoms with Gasteiger partial charge in [0.25, 0.3) is 11.6 Å². The van der Waals surface area contributed by atoms with Crippen LogP contribution in [-0.2, 0) is 9.53 Å². The molecular weight excluding hydrogens is 424 g/mol. The van der Waals surface area contributed by atoms with Gasteiger partial charge in [-0.3, -0.25) is 24.7 Å². The van der Waals surface area contributed by atoms with Crippen LogP contribution < -0.4 is 10.6 Å². The summed E-state index contributed by atoms with van der Waals surface area (Å²) in [4.78, 5) is 40.7. The Kier molecular flexibility index (Phi) is 5.13. The Morgan fingerprint density at radius 1 is 1.45 bits per heavy atom. The number of nitro groups is 1. The lowest BCUT2D eigenvalue weighted by atomic mass is 10.0. The van der Waals surface area contributed by atoms with E-state index in [1.807, 2.05) is 20.8 Å². The second kappa shape index (κ2) is 7.42. The fraction of sp³-hybridized carbons (Fsp3) is 0.476. The van der Waals surface area contributed by atoms with Gasteiger partial charge in [-0.2, -0.15) is 0 Å². The number of fused-ring (bicyclic) bond motifs is 2. The van der Waals surface area contributed by atoms with Gasteiger partial charge in [0, 0.05) is 19.3 Å². The number of carbonyl (C=O) groups is 2. The number of benzene rings is 1. The Labute approximate surface area is 183 Å². The molecule has 0 bridgehead atoms. The highest BCUT2D eigenvalue weighted by atomic mass is 35.5. The summed E-state index contributed by atoms with van der Waals surface area (Å²) < 4.78 is 5.61. The summed E-state index contributed by atoms with van der Waals surface area (Å²) in [7, 11) is 0. The smallest absolute Gasteiger partial charge is 0.314 e. The van der Waals surface area contributed by atoms with Gasteiger partial charge in [0.05, 0.1) is 26.8 Å². The molecule has 0 spiro atoms. The molecule has 2 aromatic rings. The van der Waals surface area contributed by atoms with Crippen LogP contribution in [0, 0.1) is 27.4 Å². The molecule has 2 aliphatic rings. The van der Waals surface area contributed by atoms with E-state index in [1.165, 1.54) is 18.3 Å². The number of aromatic nitrogens is 1. The molecule has 10 heteroatoms. The van der Waals surface area contributed by atoms with Gasteiger partial charge in [0.15, 0.2) is 0 Å². The second-order valence-corrected chi connectivity index (χ2v) is 9.41. The van der Waals surface area contributed by atoms with Crippen molar-refractivity contribution in [2.45, 2.75) is 26.4 Å². The van der Waals surface area contributed by atoms with Crippen molar-refractivity contribution in [1.29, 1.82) is 0 Å². The lowest BCUT2D eigenvalue weighted by molar-refractivity contribution is -0.382. The Balaban J connectivity index is 1.54. The zero-order valence-electron chi connectivity index (χ0n) is 17.4. The molecule has 31 heavy (non-hydrogen) atoms. The number of piperidine rings is 1. The van der Waals surface area contributed by atoms with E-state index in [-0.39, 0.29) is 51.5 Å². The number of rotatable bonds is 5. The van der Waals surface area contributed by atoms with Gasteiger partial charge in [-0.25, -0.2) is 0 Å². The molecule has 2 fully saturated rings. The van der Waals surface area contributed by atoms with Crippen LogP contribution in [0.2, 0.25) is 5.02 Å². The number of hydrogen-bond donors (Lipinski definition) is 2. The minimum Gasteiger partial charge on any atom is -0.459 e. The monoisotopic (exact) mass is 446 g/mol. The first-order valence-electron chi connectivity index (χ1n) is 10.0. The van der Waals surface area contributed by atoms with E-state index in [1.54, 1.807) is 6.07 Å². The summed E-state index contributed by atoms with van der Waals surface area (Å²) in [5.74, 6) is -0.643. The molecule has 2 N–H and O–H groups in total. The summed E-state index contributed by atoms with van der Waals surface area (Å²) in [5.41, 5.74) is -1.14. The number of esters is 1. The van der Waals surface area contributed by atoms with E-state index in [0.717, 1.165) is 0 Å². The van der Waals surface area contributed by atoms with Crippen LogP contribution in [0.1, 0.15) is 31.1 Å². The molecule has 1 aromatic heterocycles. The van der Waals surface area contributed by atoms with Crippen LogP contribution in [0.15, 0.2) is 24.4 Å². The summed E-state index contributed by atoms with van der Waals surface area (Å²) >= 11 is 6.11. The third kappa shape index (κ3) is 3.61. The standard InChI is InChI=1S/C21H23ClN4O5/c1-20(2,3)31-19(28)21-10-23-8-13(21)14(21)9-25-18(27)12-7-15(22)17(26(29)30)11-5-4-6-24-16(11)12/h4-7,13-14,23H,8-10H2,1-3H3,(H,25,27). The summed E-state index contributed by atoms with van der Waals surface area (Å²) in [5, 5.41) is 17.5. The van der Waals surface area contributed by atoms with Gasteiger partial charge in [-0.05, 0) is 57.4 Å². The molecule has 164 valence electrons. The van der Waals surface area contributed by atoms with E-state index in [4.69, 9.17) is 16.3 Å². The average molecular weight is 447 g/mol. The highest BCUT2D eigenvalue weighted by Gasteiger charge is 2.72. The van der Waals surface area contributed by atoms with Crippen molar-refractivity contribution < 1.29 is 19.2 Å². The van der Waals surface area contributed by atoms with E-state index in [9.17, 15) is 19.7 Å². The quantitative estimate of drug-likeness (QED) is 0.411. The predicted octanol–water partition coefficient (Wildman–Crippen LogP) is 2.70. The maximum Gasteiger partial charge on any atom is 0.314 e. The number of pyridine rings is 1. The van der Waals surface area contributed by atoms with Gasteiger partial charge in [0.1, 0.15) is 10.6 Å². The maximum absolute atomic E-state index is 12.9. The van der Waals surface area contributed by atoms with Gasteiger partial charge in [0.2, 0.25) is 0 Å².